The van der Waals surface area contributed by atoms with Gasteiger partial charge in [-0.3, -0.25) is 0 Å². The summed E-state index contributed by atoms with van der Waals surface area (Å²) in [5.41, 5.74) is 3.87. The minimum absolute atomic E-state index is 0.172. The molecule has 1 unspecified atom stereocenters. The maximum absolute atomic E-state index is 6.30. The van der Waals surface area contributed by atoms with Gasteiger partial charge < -0.3 is 0 Å². The van der Waals surface area contributed by atoms with Crippen molar-refractivity contribution in [3.8, 4) is 0 Å². The van der Waals surface area contributed by atoms with E-state index in [1.54, 1.807) is 0 Å². The highest BCUT2D eigenvalue weighted by Gasteiger charge is 2.14. The van der Waals surface area contributed by atoms with Crippen LogP contribution in [0.15, 0.2) is 60.7 Å². The maximum Gasteiger partial charge on any atom is 0.0650 e. The molecule has 0 heterocycles. The predicted molar refractivity (Wildman–Crippen MR) is 95.5 cm³/mol. The molecule has 0 nitrogen and oxygen atoms in total. The number of hydrogen-bond donors (Lipinski definition) is 0. The zero-order chi connectivity index (χ0) is 14.8. The molecular formula is C19H16BrCl. The van der Waals surface area contributed by atoms with E-state index in [4.69, 9.17) is 11.6 Å². The van der Waals surface area contributed by atoms with Crippen molar-refractivity contribution in [2.24, 2.45) is 0 Å². The van der Waals surface area contributed by atoms with Crippen molar-refractivity contribution in [1.29, 1.82) is 0 Å². The summed E-state index contributed by atoms with van der Waals surface area (Å²) in [5.74, 6) is 0. The average Bonchev–Trinajstić information content (AvgIpc) is 2.55. The second kappa shape index (κ2) is 6.21. The van der Waals surface area contributed by atoms with Crippen molar-refractivity contribution in [1.82, 2.24) is 0 Å². The van der Waals surface area contributed by atoms with Crippen LogP contribution in [0.25, 0.3) is 10.8 Å². The van der Waals surface area contributed by atoms with E-state index in [2.05, 4.69) is 71.4 Å². The molecule has 3 aromatic carbocycles. The van der Waals surface area contributed by atoms with Gasteiger partial charge in [0.1, 0.15) is 0 Å². The van der Waals surface area contributed by atoms with Gasteiger partial charge in [-0.2, -0.15) is 0 Å². The van der Waals surface area contributed by atoms with Gasteiger partial charge in [0.2, 0.25) is 0 Å². The van der Waals surface area contributed by atoms with Gasteiger partial charge in [-0.05, 0) is 34.6 Å². The number of fused-ring (bicyclic) bond motifs is 1. The SMILES string of the molecule is CCc1ccc(C(Br)c2ccc(Cl)c3ccccc23)cc1. The third kappa shape index (κ3) is 2.86. The lowest BCUT2D eigenvalue weighted by molar-refractivity contribution is 1.12. The van der Waals surface area contributed by atoms with Gasteiger partial charge >= 0.3 is 0 Å². The van der Waals surface area contributed by atoms with Gasteiger partial charge in [0, 0.05) is 10.4 Å². The zero-order valence-electron chi connectivity index (χ0n) is 11.8. The Bertz CT molecular complexity index is 762. The lowest BCUT2D eigenvalue weighted by Gasteiger charge is -2.15. The first kappa shape index (κ1) is 14.6. The largest absolute Gasteiger partial charge is 0.0837 e. The van der Waals surface area contributed by atoms with Crippen LogP contribution in [0.5, 0.6) is 0 Å². The Kier molecular flexibility index (Phi) is 4.32. The monoisotopic (exact) mass is 358 g/mol. The van der Waals surface area contributed by atoms with Crippen LogP contribution in [0, 0.1) is 0 Å². The molecule has 0 spiro atoms. The molecule has 0 fully saturated rings. The van der Waals surface area contributed by atoms with Crippen molar-refractivity contribution in [3.05, 3.63) is 82.4 Å². The van der Waals surface area contributed by atoms with Crippen LogP contribution in [0.1, 0.15) is 28.4 Å². The lowest BCUT2D eigenvalue weighted by atomic mass is 9.97. The quantitative estimate of drug-likeness (QED) is 0.466. The summed E-state index contributed by atoms with van der Waals surface area (Å²) < 4.78 is 0. The Labute approximate surface area is 138 Å². The molecule has 1 atom stereocenters. The average molecular weight is 360 g/mol. The van der Waals surface area contributed by atoms with E-state index in [1.807, 2.05) is 12.1 Å². The number of benzene rings is 3. The Morgan fingerprint density at radius 3 is 2.24 bits per heavy atom. The highest BCUT2D eigenvalue weighted by molar-refractivity contribution is 9.09. The van der Waals surface area contributed by atoms with E-state index < -0.39 is 0 Å². The van der Waals surface area contributed by atoms with Gasteiger partial charge in [0.05, 0.1) is 4.83 Å². The first-order chi connectivity index (χ1) is 10.2. The molecule has 0 aliphatic heterocycles. The molecule has 106 valence electrons. The highest BCUT2D eigenvalue weighted by atomic mass is 79.9. The Balaban J connectivity index is 2.08. The molecule has 0 saturated heterocycles. The fourth-order valence-electron chi connectivity index (χ4n) is 2.61. The lowest BCUT2D eigenvalue weighted by Crippen LogP contribution is -1.95. The molecular weight excluding hydrogens is 344 g/mol. The van der Waals surface area contributed by atoms with Gasteiger partial charge in [-0.15, -0.1) is 0 Å². The standard InChI is InChI=1S/C19H16BrCl/c1-2-13-7-9-14(10-8-13)19(20)17-11-12-18(21)16-6-4-3-5-15(16)17/h3-12,19H,2H2,1H3. The third-order valence-electron chi connectivity index (χ3n) is 3.86. The van der Waals surface area contributed by atoms with Crippen molar-refractivity contribution in [3.63, 3.8) is 0 Å². The molecule has 3 aromatic rings. The minimum Gasteiger partial charge on any atom is -0.0837 e. The summed E-state index contributed by atoms with van der Waals surface area (Å²) in [5, 5.41) is 3.10. The summed E-state index contributed by atoms with van der Waals surface area (Å²) >= 11 is 10.1. The van der Waals surface area contributed by atoms with Crippen molar-refractivity contribution < 1.29 is 0 Å². The molecule has 21 heavy (non-hydrogen) atoms. The summed E-state index contributed by atoms with van der Waals surface area (Å²) in [6.45, 7) is 2.17. The second-order valence-corrected chi connectivity index (χ2v) is 6.46. The predicted octanol–water partition coefficient (Wildman–Crippen LogP) is 6.54. The van der Waals surface area contributed by atoms with Crippen LogP contribution in [-0.4, -0.2) is 0 Å². The van der Waals surface area contributed by atoms with Gasteiger partial charge in [-0.25, -0.2) is 0 Å². The molecule has 0 aliphatic rings. The first-order valence-electron chi connectivity index (χ1n) is 7.10. The molecule has 0 aliphatic carbocycles. The van der Waals surface area contributed by atoms with Crippen LogP contribution in [0.2, 0.25) is 5.02 Å². The van der Waals surface area contributed by atoms with Crippen molar-refractivity contribution in [2.75, 3.05) is 0 Å². The number of halogens is 2. The van der Waals surface area contributed by atoms with Crippen molar-refractivity contribution >= 4 is 38.3 Å². The molecule has 0 N–H and O–H groups in total. The molecule has 0 bridgehead atoms. The summed E-state index contributed by atoms with van der Waals surface area (Å²) in [4.78, 5) is 0.172. The van der Waals surface area contributed by atoms with Gasteiger partial charge in [-0.1, -0.05) is 89.1 Å². The molecule has 0 radical (unpaired) electrons. The fraction of sp³-hybridized carbons (Fsp3) is 0.158. The van der Waals surface area contributed by atoms with E-state index in [9.17, 15) is 0 Å². The molecule has 3 rings (SSSR count). The van der Waals surface area contributed by atoms with E-state index in [0.29, 0.717) is 0 Å². The smallest absolute Gasteiger partial charge is 0.0650 e. The summed E-state index contributed by atoms with van der Waals surface area (Å²) in [6.07, 6.45) is 1.07. The topological polar surface area (TPSA) is 0 Å². The number of rotatable bonds is 3. The third-order valence-corrected chi connectivity index (χ3v) is 5.21. The highest BCUT2D eigenvalue weighted by Crippen LogP contribution is 2.37. The minimum atomic E-state index is 0.172. The van der Waals surface area contributed by atoms with E-state index in [1.165, 1.54) is 22.1 Å². The van der Waals surface area contributed by atoms with Crippen molar-refractivity contribution in [2.45, 2.75) is 18.2 Å². The Morgan fingerprint density at radius 2 is 1.57 bits per heavy atom. The van der Waals surface area contributed by atoms with Crippen LogP contribution in [0.3, 0.4) is 0 Å². The van der Waals surface area contributed by atoms with Crippen LogP contribution < -0.4 is 0 Å². The molecule has 2 heteroatoms. The number of alkyl halides is 1. The van der Waals surface area contributed by atoms with Gasteiger partial charge in [0.15, 0.2) is 0 Å². The number of aryl methyl sites for hydroxylation is 1. The van der Waals surface area contributed by atoms with Gasteiger partial charge in [0.25, 0.3) is 0 Å². The summed E-state index contributed by atoms with van der Waals surface area (Å²) in [6, 6.07) is 21.2. The Hall–Kier alpha value is -1.31. The molecule has 0 saturated carbocycles. The first-order valence-corrected chi connectivity index (χ1v) is 8.40. The normalized spacial score (nSPS) is 12.5. The Morgan fingerprint density at radius 1 is 0.905 bits per heavy atom. The summed E-state index contributed by atoms with van der Waals surface area (Å²) in [7, 11) is 0. The van der Waals surface area contributed by atoms with E-state index in [0.717, 1.165) is 16.8 Å². The fourth-order valence-corrected chi connectivity index (χ4v) is 3.54. The zero-order valence-corrected chi connectivity index (χ0v) is 14.2. The maximum atomic E-state index is 6.30. The molecule has 0 aromatic heterocycles. The molecule has 0 amide bonds. The van der Waals surface area contributed by atoms with Crippen LogP contribution in [-0.2, 0) is 6.42 Å². The van der Waals surface area contributed by atoms with Crippen LogP contribution >= 0.6 is 27.5 Å². The van der Waals surface area contributed by atoms with E-state index in [-0.39, 0.29) is 4.83 Å². The van der Waals surface area contributed by atoms with E-state index >= 15 is 0 Å². The number of hydrogen-bond acceptors (Lipinski definition) is 0. The second-order valence-electron chi connectivity index (χ2n) is 5.14. The van der Waals surface area contributed by atoms with Crippen LogP contribution in [0.4, 0.5) is 0 Å².